The topological polar surface area (TPSA) is 59.8 Å². The van der Waals surface area contributed by atoms with Gasteiger partial charge in [-0.25, -0.2) is 14.1 Å². The van der Waals surface area contributed by atoms with E-state index in [1.807, 2.05) is 73.7 Å². The second-order valence-corrected chi connectivity index (χ2v) is 7.50. The molecule has 0 unspecified atom stereocenters. The maximum atomic E-state index is 13.5. The lowest BCUT2D eigenvalue weighted by Gasteiger charge is -2.07. The third-order valence-electron chi connectivity index (χ3n) is 5.20. The van der Waals surface area contributed by atoms with Gasteiger partial charge in [0.05, 0.1) is 5.69 Å². The zero-order valence-electron chi connectivity index (χ0n) is 17.3. The number of benzene rings is 4. The van der Waals surface area contributed by atoms with E-state index >= 15 is 0 Å². The van der Waals surface area contributed by atoms with Crippen LogP contribution in [-0.4, -0.2) is 20.7 Å². The van der Waals surface area contributed by atoms with Crippen molar-refractivity contribution in [2.24, 2.45) is 0 Å². The van der Waals surface area contributed by atoms with Crippen LogP contribution in [-0.2, 0) is 0 Å². The van der Waals surface area contributed by atoms with Crippen molar-refractivity contribution in [3.63, 3.8) is 0 Å². The molecule has 0 saturated heterocycles. The van der Waals surface area contributed by atoms with Crippen molar-refractivity contribution < 1.29 is 9.18 Å². The van der Waals surface area contributed by atoms with Crippen LogP contribution >= 0.6 is 0 Å². The zero-order valence-corrected chi connectivity index (χ0v) is 17.3. The van der Waals surface area contributed by atoms with Gasteiger partial charge in [-0.3, -0.25) is 4.79 Å². The molecule has 0 radical (unpaired) electrons. The Labute approximate surface area is 184 Å². The summed E-state index contributed by atoms with van der Waals surface area (Å²) in [6.45, 7) is 1.98. The van der Waals surface area contributed by atoms with Crippen LogP contribution in [0, 0.1) is 12.7 Å². The highest BCUT2D eigenvalue weighted by Crippen LogP contribution is 2.25. The van der Waals surface area contributed by atoms with E-state index in [4.69, 9.17) is 0 Å². The van der Waals surface area contributed by atoms with Gasteiger partial charge in [0.2, 0.25) is 5.82 Å². The summed E-state index contributed by atoms with van der Waals surface area (Å²) in [4.78, 5) is 17.6. The van der Waals surface area contributed by atoms with Gasteiger partial charge < -0.3 is 5.32 Å². The molecule has 6 heteroatoms. The van der Waals surface area contributed by atoms with Crippen molar-refractivity contribution in [1.82, 2.24) is 14.8 Å². The molecular weight excluding hydrogens is 403 g/mol. The Kier molecular flexibility index (Phi) is 4.95. The molecule has 0 atom stereocenters. The van der Waals surface area contributed by atoms with Gasteiger partial charge in [-0.1, -0.05) is 60.2 Å². The number of aromatic nitrogens is 3. The van der Waals surface area contributed by atoms with Crippen LogP contribution in [0.4, 0.5) is 10.1 Å². The first-order valence-corrected chi connectivity index (χ1v) is 10.2. The number of amides is 1. The fourth-order valence-electron chi connectivity index (χ4n) is 3.65. The van der Waals surface area contributed by atoms with E-state index < -0.39 is 5.91 Å². The van der Waals surface area contributed by atoms with Crippen molar-refractivity contribution in [2.75, 3.05) is 5.32 Å². The number of nitrogens with zero attached hydrogens (tertiary/aromatic N) is 3. The molecule has 4 aromatic carbocycles. The smallest absolute Gasteiger partial charge is 0.295 e. The van der Waals surface area contributed by atoms with Crippen LogP contribution in [0.1, 0.15) is 16.2 Å². The second-order valence-electron chi connectivity index (χ2n) is 7.50. The highest BCUT2D eigenvalue weighted by Gasteiger charge is 2.19. The molecule has 0 aliphatic carbocycles. The van der Waals surface area contributed by atoms with E-state index in [1.54, 1.807) is 16.8 Å². The maximum Gasteiger partial charge on any atom is 0.295 e. The number of halogens is 1. The van der Waals surface area contributed by atoms with Gasteiger partial charge in [-0.15, -0.1) is 5.10 Å². The van der Waals surface area contributed by atoms with Gasteiger partial charge in [-0.2, -0.15) is 0 Å². The summed E-state index contributed by atoms with van der Waals surface area (Å²) in [5.41, 5.74) is 3.16. The lowest BCUT2D eigenvalue weighted by atomic mass is 10.1. The van der Waals surface area contributed by atoms with Crippen molar-refractivity contribution in [3.05, 3.63) is 108 Å². The standard InChI is InChI=1S/C26H19FN4O/c1-17-6-4-9-19(16-17)25-29-24(30-31(25)21-14-12-20(27)13-15-21)26(32)28-23-11-5-8-18-7-2-3-10-22(18)23/h2-16H,1H3,(H,28,32). The minimum atomic E-state index is -0.420. The summed E-state index contributed by atoms with van der Waals surface area (Å²) in [5.74, 6) is -0.238. The number of aryl methyl sites for hydroxylation is 1. The molecule has 0 saturated carbocycles. The summed E-state index contributed by atoms with van der Waals surface area (Å²) in [6, 6.07) is 27.2. The minimum absolute atomic E-state index is 0.0266. The van der Waals surface area contributed by atoms with Crippen molar-refractivity contribution in [2.45, 2.75) is 6.92 Å². The Hall–Kier alpha value is -4.32. The van der Waals surface area contributed by atoms with Gasteiger partial charge in [0.15, 0.2) is 5.82 Å². The highest BCUT2D eigenvalue weighted by molar-refractivity contribution is 6.07. The van der Waals surface area contributed by atoms with Gasteiger partial charge >= 0.3 is 0 Å². The summed E-state index contributed by atoms with van der Waals surface area (Å²) in [7, 11) is 0. The van der Waals surface area contributed by atoms with E-state index in [9.17, 15) is 9.18 Å². The molecule has 5 aromatic rings. The number of anilines is 1. The fourth-order valence-corrected chi connectivity index (χ4v) is 3.65. The number of nitrogens with one attached hydrogen (secondary N) is 1. The van der Waals surface area contributed by atoms with E-state index in [1.165, 1.54) is 12.1 Å². The Morgan fingerprint density at radius 1 is 0.906 bits per heavy atom. The van der Waals surface area contributed by atoms with Gasteiger partial charge in [0.1, 0.15) is 5.82 Å². The first kappa shape index (κ1) is 19.6. The molecule has 0 fully saturated rings. The number of carbonyl (C=O) groups is 1. The monoisotopic (exact) mass is 422 g/mol. The first-order valence-electron chi connectivity index (χ1n) is 10.2. The molecule has 5 nitrogen and oxygen atoms in total. The van der Waals surface area contributed by atoms with E-state index in [2.05, 4.69) is 15.4 Å². The van der Waals surface area contributed by atoms with E-state index in [-0.39, 0.29) is 11.6 Å². The third kappa shape index (κ3) is 3.74. The Balaban J connectivity index is 1.57. The number of hydrogen-bond donors (Lipinski definition) is 1. The number of carbonyl (C=O) groups excluding carboxylic acids is 1. The zero-order chi connectivity index (χ0) is 22.1. The molecule has 0 bridgehead atoms. The first-order chi connectivity index (χ1) is 15.6. The molecule has 0 aliphatic heterocycles. The lowest BCUT2D eigenvalue weighted by Crippen LogP contribution is -2.14. The molecular formula is C26H19FN4O. The largest absolute Gasteiger partial charge is 0.319 e. The molecule has 1 amide bonds. The number of hydrogen-bond acceptors (Lipinski definition) is 3. The molecule has 1 N–H and O–H groups in total. The summed E-state index contributed by atoms with van der Waals surface area (Å²) < 4.78 is 15.0. The Morgan fingerprint density at radius 3 is 2.47 bits per heavy atom. The van der Waals surface area contributed by atoms with E-state index in [0.29, 0.717) is 17.2 Å². The maximum absolute atomic E-state index is 13.5. The predicted molar refractivity (Wildman–Crippen MR) is 123 cm³/mol. The van der Waals surface area contributed by atoms with Crippen LogP contribution in [0.25, 0.3) is 27.8 Å². The molecule has 156 valence electrons. The van der Waals surface area contributed by atoms with Crippen LogP contribution in [0.2, 0.25) is 0 Å². The second kappa shape index (κ2) is 8.07. The van der Waals surface area contributed by atoms with Gasteiger partial charge in [0, 0.05) is 16.6 Å². The van der Waals surface area contributed by atoms with Crippen molar-refractivity contribution >= 4 is 22.4 Å². The molecule has 32 heavy (non-hydrogen) atoms. The molecule has 0 aliphatic rings. The summed E-state index contributed by atoms with van der Waals surface area (Å²) in [5, 5.41) is 9.35. The quantitative estimate of drug-likeness (QED) is 0.399. The van der Waals surface area contributed by atoms with Crippen molar-refractivity contribution in [3.8, 4) is 17.1 Å². The van der Waals surface area contributed by atoms with Crippen LogP contribution in [0.15, 0.2) is 91.0 Å². The summed E-state index contributed by atoms with van der Waals surface area (Å²) >= 11 is 0. The van der Waals surface area contributed by atoms with Crippen LogP contribution in [0.5, 0.6) is 0 Å². The molecule has 5 rings (SSSR count). The highest BCUT2D eigenvalue weighted by atomic mass is 19.1. The Morgan fingerprint density at radius 2 is 1.66 bits per heavy atom. The fraction of sp³-hybridized carbons (Fsp3) is 0.0385. The number of fused-ring (bicyclic) bond motifs is 1. The molecule has 0 spiro atoms. The summed E-state index contributed by atoms with van der Waals surface area (Å²) in [6.07, 6.45) is 0. The van der Waals surface area contributed by atoms with Gasteiger partial charge in [-0.05, 0) is 48.7 Å². The van der Waals surface area contributed by atoms with Crippen LogP contribution in [0.3, 0.4) is 0 Å². The third-order valence-corrected chi connectivity index (χ3v) is 5.20. The van der Waals surface area contributed by atoms with Crippen LogP contribution < -0.4 is 5.32 Å². The lowest BCUT2D eigenvalue weighted by molar-refractivity contribution is 0.101. The Bertz CT molecular complexity index is 1430. The average Bonchev–Trinajstić information content (AvgIpc) is 3.26. The SMILES string of the molecule is Cc1cccc(-c2nc(C(=O)Nc3cccc4ccccc34)nn2-c2ccc(F)cc2)c1. The van der Waals surface area contributed by atoms with Gasteiger partial charge in [0.25, 0.3) is 5.91 Å². The predicted octanol–water partition coefficient (Wildman–Crippen LogP) is 5.79. The molecule has 1 heterocycles. The van der Waals surface area contributed by atoms with Crippen molar-refractivity contribution in [1.29, 1.82) is 0 Å². The average molecular weight is 422 g/mol. The number of rotatable bonds is 4. The normalized spacial score (nSPS) is 10.9. The minimum Gasteiger partial charge on any atom is -0.319 e. The van der Waals surface area contributed by atoms with E-state index in [0.717, 1.165) is 21.9 Å². The molecule has 1 aromatic heterocycles.